The molecule has 1 aromatic rings. The van der Waals surface area contributed by atoms with Crippen LogP contribution in [0.5, 0.6) is 0 Å². The van der Waals surface area contributed by atoms with Crippen molar-refractivity contribution in [2.45, 2.75) is 31.9 Å². The number of hydrogen-bond donors (Lipinski definition) is 0. The largest absolute Gasteiger partial charge is 0.368 e. The van der Waals surface area contributed by atoms with Gasteiger partial charge in [0, 0.05) is 25.3 Å². The zero-order valence-electron chi connectivity index (χ0n) is 10.3. The van der Waals surface area contributed by atoms with E-state index in [-0.39, 0.29) is 6.10 Å². The minimum atomic E-state index is -0.0330. The lowest BCUT2D eigenvalue weighted by molar-refractivity contribution is -0.0443. The zero-order valence-corrected chi connectivity index (χ0v) is 11.0. The summed E-state index contributed by atoms with van der Waals surface area (Å²) in [5.41, 5.74) is 0.849. The molecule has 1 aromatic heterocycles. The minimum Gasteiger partial charge on any atom is -0.368 e. The maximum absolute atomic E-state index is 5.78. The number of alkyl halides is 1. The molecular weight excluding hydrogens is 238 g/mol. The Kier molecular flexibility index (Phi) is 4.31. The molecule has 2 heterocycles. The van der Waals surface area contributed by atoms with E-state index >= 15 is 0 Å². The van der Waals surface area contributed by atoms with Crippen LogP contribution in [0.3, 0.4) is 0 Å². The van der Waals surface area contributed by atoms with E-state index in [1.807, 2.05) is 6.07 Å². The molecule has 0 N–H and O–H groups in total. The Hall–Kier alpha value is -0.710. The molecule has 0 spiro atoms. The number of hydrogen-bond acceptors (Lipinski definition) is 4. The molecule has 0 aromatic carbocycles. The molecule has 2 rings (SSSR count). The van der Waals surface area contributed by atoms with E-state index in [0.717, 1.165) is 31.2 Å². The molecule has 0 saturated carbocycles. The Morgan fingerprint density at radius 1 is 1.59 bits per heavy atom. The fourth-order valence-corrected chi connectivity index (χ4v) is 2.09. The predicted molar refractivity (Wildman–Crippen MR) is 67.0 cm³/mol. The molecule has 0 amide bonds. The Bertz CT molecular complexity index is 373. The molecule has 1 atom stereocenters. The molecule has 94 valence electrons. The summed E-state index contributed by atoms with van der Waals surface area (Å²) in [6.07, 6.45) is 1.71. The third-order valence-electron chi connectivity index (χ3n) is 2.98. The first kappa shape index (κ1) is 12.7. The van der Waals surface area contributed by atoms with Gasteiger partial charge < -0.3 is 4.74 Å². The van der Waals surface area contributed by atoms with Gasteiger partial charge >= 0.3 is 0 Å². The van der Waals surface area contributed by atoms with Crippen molar-refractivity contribution >= 4 is 11.6 Å². The second-order valence-electron chi connectivity index (χ2n) is 4.49. The number of aromatic nitrogens is 2. The lowest BCUT2D eigenvalue weighted by Gasteiger charge is -2.34. The zero-order chi connectivity index (χ0) is 12.3. The number of nitrogens with zero attached hydrogens (tertiary/aromatic N) is 3. The van der Waals surface area contributed by atoms with Crippen LogP contribution in [-0.2, 0) is 10.6 Å². The maximum Gasteiger partial charge on any atom is 0.158 e. The molecule has 1 aliphatic rings. The van der Waals surface area contributed by atoms with Gasteiger partial charge in [0.05, 0.1) is 18.2 Å². The van der Waals surface area contributed by atoms with Crippen molar-refractivity contribution in [2.75, 3.05) is 19.7 Å². The first-order chi connectivity index (χ1) is 8.20. The van der Waals surface area contributed by atoms with Gasteiger partial charge in [-0.25, -0.2) is 9.97 Å². The standard InChI is InChI=1S/C12H18ClN3O/c1-9(2)16-5-6-17-11(8-16)12-14-4-3-10(7-13)15-12/h3-4,9,11H,5-8H2,1-2H3. The SMILES string of the molecule is CC(C)N1CCOC(c2nccc(CCl)n2)C1. The van der Waals surface area contributed by atoms with Crippen LogP contribution in [0.1, 0.15) is 31.5 Å². The Balaban J connectivity index is 2.10. The monoisotopic (exact) mass is 255 g/mol. The molecule has 5 heteroatoms. The van der Waals surface area contributed by atoms with Gasteiger partial charge in [-0.1, -0.05) is 0 Å². The van der Waals surface area contributed by atoms with Crippen LogP contribution in [0.25, 0.3) is 0 Å². The third-order valence-corrected chi connectivity index (χ3v) is 3.26. The van der Waals surface area contributed by atoms with Crippen molar-refractivity contribution < 1.29 is 4.74 Å². The Morgan fingerprint density at radius 2 is 2.41 bits per heavy atom. The minimum absolute atomic E-state index is 0.0330. The molecule has 0 radical (unpaired) electrons. The second-order valence-corrected chi connectivity index (χ2v) is 4.76. The van der Waals surface area contributed by atoms with Gasteiger partial charge in [-0.15, -0.1) is 11.6 Å². The normalized spacial score (nSPS) is 22.0. The first-order valence-electron chi connectivity index (χ1n) is 5.94. The van der Waals surface area contributed by atoms with Crippen molar-refractivity contribution in [2.24, 2.45) is 0 Å². The fourth-order valence-electron chi connectivity index (χ4n) is 1.94. The van der Waals surface area contributed by atoms with Gasteiger partial charge in [0.2, 0.25) is 0 Å². The van der Waals surface area contributed by atoms with Gasteiger partial charge in [0.1, 0.15) is 6.10 Å². The van der Waals surface area contributed by atoms with Gasteiger partial charge in [-0.3, -0.25) is 4.90 Å². The van der Waals surface area contributed by atoms with E-state index in [9.17, 15) is 0 Å². The van der Waals surface area contributed by atoms with Crippen molar-refractivity contribution in [3.05, 3.63) is 23.8 Å². The summed E-state index contributed by atoms with van der Waals surface area (Å²) in [6.45, 7) is 6.95. The van der Waals surface area contributed by atoms with Crippen molar-refractivity contribution in [1.82, 2.24) is 14.9 Å². The van der Waals surface area contributed by atoms with Crippen LogP contribution >= 0.6 is 11.6 Å². The summed E-state index contributed by atoms with van der Waals surface area (Å²) in [5, 5.41) is 0. The number of morpholine rings is 1. The van der Waals surface area contributed by atoms with E-state index in [2.05, 4.69) is 28.7 Å². The lowest BCUT2D eigenvalue weighted by atomic mass is 10.2. The first-order valence-corrected chi connectivity index (χ1v) is 6.47. The van der Waals surface area contributed by atoms with E-state index in [0.29, 0.717) is 11.9 Å². The number of rotatable bonds is 3. The number of ether oxygens (including phenoxy) is 1. The highest BCUT2D eigenvalue weighted by Gasteiger charge is 2.25. The van der Waals surface area contributed by atoms with E-state index in [4.69, 9.17) is 16.3 Å². The van der Waals surface area contributed by atoms with Crippen LogP contribution in [-0.4, -0.2) is 40.6 Å². The van der Waals surface area contributed by atoms with Crippen LogP contribution in [0.4, 0.5) is 0 Å². The smallest absolute Gasteiger partial charge is 0.158 e. The molecule has 1 unspecified atom stereocenters. The average molecular weight is 256 g/mol. The summed E-state index contributed by atoms with van der Waals surface area (Å²) in [5.74, 6) is 1.16. The summed E-state index contributed by atoms with van der Waals surface area (Å²) in [7, 11) is 0. The molecule has 1 aliphatic heterocycles. The highest BCUT2D eigenvalue weighted by Crippen LogP contribution is 2.20. The third kappa shape index (κ3) is 3.15. The average Bonchev–Trinajstić information content (AvgIpc) is 2.39. The van der Waals surface area contributed by atoms with E-state index in [1.54, 1.807) is 6.20 Å². The van der Waals surface area contributed by atoms with Gasteiger partial charge in [-0.2, -0.15) is 0 Å². The van der Waals surface area contributed by atoms with Crippen LogP contribution in [0, 0.1) is 0 Å². The van der Waals surface area contributed by atoms with Gasteiger partial charge in [0.15, 0.2) is 5.82 Å². The highest BCUT2D eigenvalue weighted by atomic mass is 35.5. The molecular formula is C12H18ClN3O. The summed E-state index contributed by atoms with van der Waals surface area (Å²) in [4.78, 5) is 11.1. The Labute approximate surface area is 107 Å². The molecule has 17 heavy (non-hydrogen) atoms. The van der Waals surface area contributed by atoms with Crippen LogP contribution < -0.4 is 0 Å². The summed E-state index contributed by atoms with van der Waals surface area (Å²) >= 11 is 5.78. The maximum atomic E-state index is 5.78. The summed E-state index contributed by atoms with van der Waals surface area (Å²) < 4.78 is 5.73. The highest BCUT2D eigenvalue weighted by molar-refractivity contribution is 6.16. The second kappa shape index (κ2) is 5.76. The quantitative estimate of drug-likeness (QED) is 0.775. The predicted octanol–water partition coefficient (Wildman–Crippen LogP) is 2.00. The topological polar surface area (TPSA) is 38.2 Å². The molecule has 0 aliphatic carbocycles. The van der Waals surface area contributed by atoms with Gasteiger partial charge in [-0.05, 0) is 19.9 Å². The van der Waals surface area contributed by atoms with E-state index in [1.165, 1.54) is 0 Å². The summed E-state index contributed by atoms with van der Waals surface area (Å²) in [6, 6.07) is 2.36. The van der Waals surface area contributed by atoms with E-state index < -0.39 is 0 Å². The number of halogens is 1. The molecule has 1 fully saturated rings. The molecule has 4 nitrogen and oxygen atoms in total. The van der Waals surface area contributed by atoms with Crippen LogP contribution in [0.2, 0.25) is 0 Å². The van der Waals surface area contributed by atoms with Crippen molar-refractivity contribution in [1.29, 1.82) is 0 Å². The van der Waals surface area contributed by atoms with Crippen molar-refractivity contribution in [3.63, 3.8) is 0 Å². The Morgan fingerprint density at radius 3 is 3.12 bits per heavy atom. The van der Waals surface area contributed by atoms with Crippen molar-refractivity contribution in [3.8, 4) is 0 Å². The molecule has 1 saturated heterocycles. The molecule has 0 bridgehead atoms. The fraction of sp³-hybridized carbons (Fsp3) is 0.667. The van der Waals surface area contributed by atoms with Gasteiger partial charge in [0.25, 0.3) is 0 Å². The van der Waals surface area contributed by atoms with Crippen LogP contribution in [0.15, 0.2) is 12.3 Å². The lowest BCUT2D eigenvalue weighted by Crippen LogP contribution is -2.42.